The van der Waals surface area contributed by atoms with Crippen molar-refractivity contribution in [2.45, 2.75) is 32.0 Å². The van der Waals surface area contributed by atoms with Crippen molar-refractivity contribution in [3.05, 3.63) is 75.5 Å². The highest BCUT2D eigenvalue weighted by Crippen LogP contribution is 2.38. The Morgan fingerprint density at radius 1 is 1.00 bits per heavy atom. The van der Waals surface area contributed by atoms with Crippen molar-refractivity contribution in [3.63, 3.8) is 0 Å². The largest absolute Gasteiger partial charge is 0.330 e. The van der Waals surface area contributed by atoms with Crippen molar-refractivity contribution in [1.82, 2.24) is 29.5 Å². The summed E-state index contributed by atoms with van der Waals surface area (Å²) < 4.78 is 1.80. The molecule has 1 atom stereocenters. The van der Waals surface area contributed by atoms with E-state index in [9.17, 15) is 9.59 Å². The van der Waals surface area contributed by atoms with Gasteiger partial charge in [0.15, 0.2) is 5.69 Å². The fourth-order valence-electron chi connectivity index (χ4n) is 4.37. The highest BCUT2D eigenvalue weighted by atomic mass is 35.5. The molecule has 1 fully saturated rings. The summed E-state index contributed by atoms with van der Waals surface area (Å²) >= 11 is 12.6. The number of nitrogens with zero attached hydrogens (tertiary/aromatic N) is 6. The van der Waals surface area contributed by atoms with E-state index in [1.807, 2.05) is 11.0 Å². The molecule has 1 saturated heterocycles. The third-order valence-corrected chi connectivity index (χ3v) is 6.50. The zero-order valence-corrected chi connectivity index (χ0v) is 18.6. The van der Waals surface area contributed by atoms with Crippen molar-refractivity contribution in [1.29, 1.82) is 0 Å². The lowest BCUT2D eigenvalue weighted by Gasteiger charge is -2.27. The highest BCUT2D eigenvalue weighted by Gasteiger charge is 2.34. The minimum atomic E-state index is -0.186. The average molecular weight is 471 g/mol. The summed E-state index contributed by atoms with van der Waals surface area (Å²) in [5.41, 5.74) is 2.34. The molecule has 1 unspecified atom stereocenters. The number of aromatic nitrogens is 4. The number of carbonyl (C=O) groups excluding carboxylic acids is 2. The number of benzene rings is 1. The van der Waals surface area contributed by atoms with Gasteiger partial charge in [-0.15, -0.1) is 0 Å². The Kier molecular flexibility index (Phi) is 5.57. The smallest absolute Gasteiger partial charge is 0.274 e. The Hall–Kier alpha value is -2.97. The average Bonchev–Trinajstić information content (AvgIpc) is 3.47. The second-order valence-corrected chi connectivity index (χ2v) is 8.73. The third kappa shape index (κ3) is 3.84. The van der Waals surface area contributed by atoms with E-state index in [2.05, 4.69) is 15.1 Å². The summed E-state index contributed by atoms with van der Waals surface area (Å²) in [5.74, 6) is -0.328. The van der Waals surface area contributed by atoms with E-state index in [4.69, 9.17) is 23.2 Å². The van der Waals surface area contributed by atoms with E-state index in [1.165, 1.54) is 18.6 Å². The summed E-state index contributed by atoms with van der Waals surface area (Å²) in [6.45, 7) is 1.99. The van der Waals surface area contributed by atoms with Crippen LogP contribution in [0.1, 0.15) is 51.1 Å². The van der Waals surface area contributed by atoms with Gasteiger partial charge < -0.3 is 9.80 Å². The van der Waals surface area contributed by atoms with Gasteiger partial charge in [0.2, 0.25) is 0 Å². The number of carbonyl (C=O) groups is 2. The lowest BCUT2D eigenvalue weighted by Crippen LogP contribution is -2.38. The van der Waals surface area contributed by atoms with Crippen molar-refractivity contribution in [2.24, 2.45) is 0 Å². The molecule has 5 rings (SSSR count). The van der Waals surface area contributed by atoms with E-state index < -0.39 is 0 Å². The fourth-order valence-corrected chi connectivity index (χ4v) is 4.79. The molecule has 0 N–H and O–H groups in total. The summed E-state index contributed by atoms with van der Waals surface area (Å²) in [6.07, 6.45) is 6.18. The van der Waals surface area contributed by atoms with Crippen molar-refractivity contribution < 1.29 is 9.59 Å². The number of fused-ring (bicyclic) bond motifs is 1. The van der Waals surface area contributed by atoms with Crippen molar-refractivity contribution in [3.8, 4) is 0 Å². The van der Waals surface area contributed by atoms with Crippen LogP contribution in [0.15, 0.2) is 42.9 Å². The molecule has 0 spiro atoms. The minimum Gasteiger partial charge on any atom is -0.330 e. The van der Waals surface area contributed by atoms with Gasteiger partial charge >= 0.3 is 0 Å². The summed E-state index contributed by atoms with van der Waals surface area (Å²) in [5, 5.41) is 5.72. The van der Waals surface area contributed by atoms with Gasteiger partial charge in [-0.25, -0.2) is 4.98 Å². The van der Waals surface area contributed by atoms with Gasteiger partial charge in [0, 0.05) is 35.5 Å². The molecule has 2 amide bonds. The van der Waals surface area contributed by atoms with Crippen LogP contribution in [-0.2, 0) is 13.1 Å². The normalized spacial score (nSPS) is 18.0. The molecule has 3 aromatic rings. The zero-order chi connectivity index (χ0) is 22.2. The predicted octanol–water partition coefficient (Wildman–Crippen LogP) is 3.61. The predicted molar refractivity (Wildman–Crippen MR) is 118 cm³/mol. The number of halogens is 2. The van der Waals surface area contributed by atoms with E-state index in [1.54, 1.807) is 27.8 Å². The molecular formula is C22H20Cl2N6O2. The van der Waals surface area contributed by atoms with Crippen molar-refractivity contribution >= 4 is 35.0 Å². The number of hydrogen-bond donors (Lipinski definition) is 0. The van der Waals surface area contributed by atoms with E-state index >= 15 is 0 Å². The molecule has 10 heteroatoms. The first-order valence-corrected chi connectivity index (χ1v) is 11.1. The molecule has 4 heterocycles. The molecule has 0 bridgehead atoms. The minimum absolute atomic E-state index is 0.137. The maximum absolute atomic E-state index is 13.4. The molecule has 32 heavy (non-hydrogen) atoms. The van der Waals surface area contributed by atoms with E-state index in [0.29, 0.717) is 47.6 Å². The van der Waals surface area contributed by atoms with E-state index in [-0.39, 0.29) is 17.9 Å². The first-order valence-electron chi connectivity index (χ1n) is 10.4. The van der Waals surface area contributed by atoms with Gasteiger partial charge in [0.05, 0.1) is 31.0 Å². The second kappa shape index (κ2) is 8.52. The number of hydrogen-bond acceptors (Lipinski definition) is 5. The Labute approximate surface area is 194 Å². The van der Waals surface area contributed by atoms with E-state index in [0.717, 1.165) is 24.1 Å². The van der Waals surface area contributed by atoms with Gasteiger partial charge in [-0.3, -0.25) is 19.3 Å². The standard InChI is InChI=1S/C22H20Cl2N6O2/c23-14-3-4-17(24)16(10-14)20-2-1-7-29(20)22(32)18-11-15-13-28(8-9-30(15)27-18)21(31)19-12-25-5-6-26-19/h3-6,10-12,20H,1-2,7-9,13H2. The first kappa shape index (κ1) is 20.9. The van der Waals surface area contributed by atoms with Crippen LogP contribution in [-0.4, -0.2) is 54.5 Å². The molecule has 2 aliphatic rings. The van der Waals surface area contributed by atoms with Crippen LogP contribution in [0.25, 0.3) is 0 Å². The van der Waals surface area contributed by atoms with Gasteiger partial charge in [-0.05, 0) is 42.7 Å². The quantitative estimate of drug-likeness (QED) is 0.583. The van der Waals surface area contributed by atoms with Crippen molar-refractivity contribution in [2.75, 3.05) is 13.1 Å². The fraction of sp³-hybridized carbons (Fsp3) is 0.318. The molecule has 2 aromatic heterocycles. The zero-order valence-electron chi connectivity index (χ0n) is 17.1. The maximum Gasteiger partial charge on any atom is 0.274 e. The van der Waals surface area contributed by atoms with Crippen LogP contribution in [0.5, 0.6) is 0 Å². The molecule has 2 aliphatic heterocycles. The summed E-state index contributed by atoms with van der Waals surface area (Å²) in [6, 6.07) is 6.97. The molecule has 0 saturated carbocycles. The Morgan fingerprint density at radius 3 is 2.69 bits per heavy atom. The molecule has 1 aromatic carbocycles. The SMILES string of the molecule is O=C(c1cnccn1)N1CCn2nc(C(=O)N3CCCC3c3cc(Cl)ccc3Cl)cc2C1. The second-order valence-electron chi connectivity index (χ2n) is 7.88. The van der Waals surface area contributed by atoms with Crippen LogP contribution < -0.4 is 0 Å². The van der Waals surface area contributed by atoms with Gasteiger partial charge in [0.1, 0.15) is 5.69 Å². The summed E-state index contributed by atoms with van der Waals surface area (Å²) in [7, 11) is 0. The molecular weight excluding hydrogens is 451 g/mol. The molecule has 8 nitrogen and oxygen atoms in total. The number of amides is 2. The van der Waals surface area contributed by atoms with Crippen LogP contribution in [0.4, 0.5) is 0 Å². The Balaban J connectivity index is 1.36. The Bertz CT molecular complexity index is 1180. The maximum atomic E-state index is 13.4. The summed E-state index contributed by atoms with van der Waals surface area (Å²) in [4.78, 5) is 37.6. The topological polar surface area (TPSA) is 84.2 Å². The third-order valence-electron chi connectivity index (χ3n) is 5.92. The monoisotopic (exact) mass is 470 g/mol. The number of likely N-dealkylation sites (tertiary alicyclic amines) is 1. The highest BCUT2D eigenvalue weighted by molar-refractivity contribution is 6.33. The lowest BCUT2D eigenvalue weighted by molar-refractivity contribution is 0.0694. The van der Waals surface area contributed by atoms with Crippen LogP contribution in [0, 0.1) is 0 Å². The molecule has 164 valence electrons. The first-order chi connectivity index (χ1) is 15.5. The molecule has 0 aliphatic carbocycles. The van der Waals surface area contributed by atoms with Crippen LogP contribution in [0.2, 0.25) is 10.0 Å². The lowest BCUT2D eigenvalue weighted by atomic mass is 10.0. The Morgan fingerprint density at radius 2 is 1.88 bits per heavy atom. The van der Waals surface area contributed by atoms with Gasteiger partial charge in [-0.1, -0.05) is 23.2 Å². The molecule has 0 radical (unpaired) electrons. The number of rotatable bonds is 3. The van der Waals surface area contributed by atoms with Crippen LogP contribution >= 0.6 is 23.2 Å². The van der Waals surface area contributed by atoms with Gasteiger partial charge in [0.25, 0.3) is 11.8 Å². The van der Waals surface area contributed by atoms with Crippen LogP contribution in [0.3, 0.4) is 0 Å². The van der Waals surface area contributed by atoms with Gasteiger partial charge in [-0.2, -0.15) is 5.10 Å².